The normalized spacial score (nSPS) is 20.8. The monoisotopic (exact) mass is 253 g/mol. The van der Waals surface area contributed by atoms with Crippen LogP contribution in [0.4, 0.5) is 0 Å². The number of carbonyl (C=O) groups is 1. The van der Waals surface area contributed by atoms with Gasteiger partial charge >= 0.3 is 5.97 Å². The van der Waals surface area contributed by atoms with Crippen LogP contribution in [0, 0.1) is 0 Å². The Labute approximate surface area is 112 Å². The van der Waals surface area contributed by atoms with Crippen molar-refractivity contribution in [3.05, 3.63) is 71.8 Å². The molecule has 1 aliphatic heterocycles. The molecule has 3 rings (SSSR count). The van der Waals surface area contributed by atoms with Crippen molar-refractivity contribution in [3.8, 4) is 0 Å². The summed E-state index contributed by atoms with van der Waals surface area (Å²) in [4.78, 5) is 11.9. The van der Waals surface area contributed by atoms with E-state index in [1.807, 2.05) is 60.7 Å². The summed E-state index contributed by atoms with van der Waals surface area (Å²) in [6.07, 6.45) is 0. The molecule has 0 spiro atoms. The van der Waals surface area contributed by atoms with Crippen LogP contribution in [0.5, 0.6) is 0 Å². The third kappa shape index (κ3) is 2.83. The average molecular weight is 253 g/mol. The van der Waals surface area contributed by atoms with Gasteiger partial charge in [-0.25, -0.2) is 0 Å². The van der Waals surface area contributed by atoms with Crippen LogP contribution >= 0.6 is 0 Å². The Hall–Kier alpha value is -2.13. The second-order valence-corrected chi connectivity index (χ2v) is 4.63. The van der Waals surface area contributed by atoms with E-state index in [1.54, 1.807) is 0 Å². The highest BCUT2D eigenvalue weighted by Crippen LogP contribution is 2.30. The molecule has 1 aliphatic rings. The molecule has 0 radical (unpaired) electrons. The maximum atomic E-state index is 11.9. The fourth-order valence-electron chi connectivity index (χ4n) is 2.11. The molecular weight excluding hydrogens is 238 g/mol. The third-order valence-electron chi connectivity index (χ3n) is 3.22. The van der Waals surface area contributed by atoms with E-state index in [4.69, 9.17) is 4.74 Å². The molecule has 1 N–H and O–H groups in total. The molecule has 0 aromatic heterocycles. The van der Waals surface area contributed by atoms with Crippen molar-refractivity contribution in [1.82, 2.24) is 5.32 Å². The van der Waals surface area contributed by atoms with Gasteiger partial charge < -0.3 is 4.74 Å². The molecule has 1 saturated heterocycles. The number of carbonyl (C=O) groups excluding carboxylic acids is 1. The van der Waals surface area contributed by atoms with Crippen molar-refractivity contribution < 1.29 is 9.53 Å². The summed E-state index contributed by atoms with van der Waals surface area (Å²) < 4.78 is 5.30. The van der Waals surface area contributed by atoms with E-state index in [1.165, 1.54) is 0 Å². The SMILES string of the molecule is O=C(OCc1ccccc1)[C@H]1N[C@H]1c1ccccc1. The first-order valence-electron chi connectivity index (χ1n) is 6.36. The highest BCUT2D eigenvalue weighted by Gasteiger charge is 2.44. The van der Waals surface area contributed by atoms with Gasteiger partial charge in [-0.1, -0.05) is 60.7 Å². The van der Waals surface area contributed by atoms with Crippen molar-refractivity contribution in [3.63, 3.8) is 0 Å². The van der Waals surface area contributed by atoms with Gasteiger partial charge in [0, 0.05) is 0 Å². The molecule has 2 aromatic rings. The number of hydrogen-bond donors (Lipinski definition) is 1. The summed E-state index contributed by atoms with van der Waals surface area (Å²) in [6, 6.07) is 19.6. The lowest BCUT2D eigenvalue weighted by atomic mass is 10.1. The Kier molecular flexibility index (Phi) is 3.29. The topological polar surface area (TPSA) is 48.2 Å². The van der Waals surface area contributed by atoms with E-state index in [-0.39, 0.29) is 18.1 Å². The molecule has 3 heteroatoms. The lowest BCUT2D eigenvalue weighted by Crippen LogP contribution is -2.14. The first-order chi connectivity index (χ1) is 9.34. The molecule has 0 saturated carbocycles. The zero-order valence-corrected chi connectivity index (χ0v) is 10.5. The molecule has 1 fully saturated rings. The zero-order valence-electron chi connectivity index (χ0n) is 10.5. The predicted molar refractivity (Wildman–Crippen MR) is 72.3 cm³/mol. The lowest BCUT2D eigenvalue weighted by Gasteiger charge is -2.03. The fraction of sp³-hybridized carbons (Fsp3) is 0.188. The van der Waals surface area contributed by atoms with Gasteiger partial charge in [0.1, 0.15) is 12.6 Å². The molecule has 0 amide bonds. The van der Waals surface area contributed by atoms with Gasteiger partial charge in [-0.15, -0.1) is 0 Å². The highest BCUT2D eigenvalue weighted by molar-refractivity contribution is 5.80. The maximum absolute atomic E-state index is 11.9. The number of rotatable bonds is 4. The molecule has 96 valence electrons. The zero-order chi connectivity index (χ0) is 13.1. The van der Waals surface area contributed by atoms with Crippen LogP contribution in [0.25, 0.3) is 0 Å². The molecule has 2 aromatic carbocycles. The summed E-state index contributed by atoms with van der Waals surface area (Å²) in [5, 5.41) is 3.15. The third-order valence-corrected chi connectivity index (χ3v) is 3.22. The summed E-state index contributed by atoms with van der Waals surface area (Å²) >= 11 is 0. The molecule has 0 aliphatic carbocycles. The quantitative estimate of drug-likeness (QED) is 0.672. The minimum Gasteiger partial charge on any atom is -0.460 e. The lowest BCUT2D eigenvalue weighted by molar-refractivity contribution is -0.144. The summed E-state index contributed by atoms with van der Waals surface area (Å²) in [5.74, 6) is -0.183. The average Bonchev–Trinajstić information content (AvgIpc) is 3.27. The van der Waals surface area contributed by atoms with Crippen molar-refractivity contribution >= 4 is 5.97 Å². The van der Waals surface area contributed by atoms with E-state index in [2.05, 4.69) is 5.32 Å². The summed E-state index contributed by atoms with van der Waals surface area (Å²) in [6.45, 7) is 0.333. The highest BCUT2D eigenvalue weighted by atomic mass is 16.5. The summed E-state index contributed by atoms with van der Waals surface area (Å²) in [5.41, 5.74) is 2.14. The van der Waals surface area contributed by atoms with Crippen molar-refractivity contribution in [2.45, 2.75) is 18.7 Å². The van der Waals surface area contributed by atoms with Gasteiger partial charge in [-0.05, 0) is 11.1 Å². The van der Waals surface area contributed by atoms with Crippen LogP contribution in [0.2, 0.25) is 0 Å². The van der Waals surface area contributed by atoms with Gasteiger partial charge in [-0.2, -0.15) is 0 Å². The predicted octanol–water partition coefficient (Wildman–Crippen LogP) is 2.44. The smallest absolute Gasteiger partial charge is 0.325 e. The number of esters is 1. The van der Waals surface area contributed by atoms with Crippen molar-refractivity contribution in [1.29, 1.82) is 0 Å². The molecule has 2 atom stereocenters. The first kappa shape index (κ1) is 11.9. The number of benzene rings is 2. The van der Waals surface area contributed by atoms with Crippen LogP contribution in [-0.2, 0) is 16.1 Å². The molecule has 1 heterocycles. The second-order valence-electron chi connectivity index (χ2n) is 4.63. The van der Waals surface area contributed by atoms with Gasteiger partial charge in [0.25, 0.3) is 0 Å². The Bertz CT molecular complexity index is 553. The van der Waals surface area contributed by atoms with Crippen LogP contribution in [0.3, 0.4) is 0 Å². The van der Waals surface area contributed by atoms with E-state index >= 15 is 0 Å². The Morgan fingerprint density at radius 3 is 2.32 bits per heavy atom. The van der Waals surface area contributed by atoms with Crippen molar-refractivity contribution in [2.24, 2.45) is 0 Å². The molecular formula is C16H15NO2. The van der Waals surface area contributed by atoms with Crippen LogP contribution in [0.15, 0.2) is 60.7 Å². The van der Waals surface area contributed by atoms with Crippen LogP contribution < -0.4 is 5.32 Å². The summed E-state index contributed by atoms with van der Waals surface area (Å²) in [7, 11) is 0. The van der Waals surface area contributed by atoms with E-state index < -0.39 is 0 Å². The van der Waals surface area contributed by atoms with Gasteiger partial charge in [0.2, 0.25) is 0 Å². The Balaban J connectivity index is 1.53. The molecule has 19 heavy (non-hydrogen) atoms. The number of ether oxygens (including phenoxy) is 1. The Morgan fingerprint density at radius 1 is 1.00 bits per heavy atom. The van der Waals surface area contributed by atoms with Gasteiger partial charge in [-0.3, -0.25) is 10.1 Å². The minimum absolute atomic E-state index is 0.101. The van der Waals surface area contributed by atoms with E-state index in [0.717, 1.165) is 11.1 Å². The maximum Gasteiger partial charge on any atom is 0.325 e. The number of hydrogen-bond acceptors (Lipinski definition) is 3. The molecule has 3 nitrogen and oxygen atoms in total. The molecule has 0 unspecified atom stereocenters. The standard InChI is InChI=1S/C16H15NO2/c18-16(19-11-12-7-3-1-4-8-12)15-14(17-15)13-9-5-2-6-10-13/h1-10,14-15,17H,11H2/t14-,15-/m0/s1. The van der Waals surface area contributed by atoms with E-state index in [0.29, 0.717) is 6.61 Å². The largest absolute Gasteiger partial charge is 0.460 e. The Morgan fingerprint density at radius 2 is 1.63 bits per heavy atom. The fourth-order valence-corrected chi connectivity index (χ4v) is 2.11. The first-order valence-corrected chi connectivity index (χ1v) is 6.36. The van der Waals surface area contributed by atoms with E-state index in [9.17, 15) is 4.79 Å². The van der Waals surface area contributed by atoms with Crippen LogP contribution in [0.1, 0.15) is 17.2 Å². The van der Waals surface area contributed by atoms with Crippen LogP contribution in [-0.4, -0.2) is 12.0 Å². The van der Waals surface area contributed by atoms with Gasteiger partial charge in [0.15, 0.2) is 0 Å². The minimum atomic E-state index is -0.203. The number of nitrogens with one attached hydrogen (secondary N) is 1. The van der Waals surface area contributed by atoms with Gasteiger partial charge in [0.05, 0.1) is 6.04 Å². The van der Waals surface area contributed by atoms with Crippen molar-refractivity contribution in [2.75, 3.05) is 0 Å². The second kappa shape index (κ2) is 5.24. The molecule has 0 bridgehead atoms.